The second kappa shape index (κ2) is 5.36. The molecule has 1 amide bonds. The van der Waals surface area contributed by atoms with Crippen LogP contribution in [0.4, 0.5) is 0 Å². The van der Waals surface area contributed by atoms with E-state index in [4.69, 9.17) is 4.42 Å². The average Bonchev–Trinajstić information content (AvgIpc) is 2.86. The number of likely N-dealkylation sites (tertiary alicyclic amines) is 1. The number of aryl methyl sites for hydroxylation is 1. The molecule has 17 heavy (non-hydrogen) atoms. The molecule has 2 rings (SSSR count). The predicted molar refractivity (Wildman–Crippen MR) is 65.6 cm³/mol. The second-order valence-electron chi connectivity index (χ2n) is 4.57. The fourth-order valence-electron chi connectivity index (χ4n) is 2.16. The summed E-state index contributed by atoms with van der Waals surface area (Å²) < 4.78 is 5.50. The van der Waals surface area contributed by atoms with Gasteiger partial charge in [-0.2, -0.15) is 0 Å². The van der Waals surface area contributed by atoms with Crippen molar-refractivity contribution in [3.05, 3.63) is 23.7 Å². The van der Waals surface area contributed by atoms with Crippen molar-refractivity contribution < 1.29 is 9.21 Å². The van der Waals surface area contributed by atoms with Crippen LogP contribution in [0.5, 0.6) is 0 Å². The van der Waals surface area contributed by atoms with Gasteiger partial charge in [-0.15, -0.1) is 0 Å². The molecular weight excluding hydrogens is 216 g/mol. The number of nitrogens with zero attached hydrogens (tertiary/aromatic N) is 1. The quantitative estimate of drug-likeness (QED) is 0.846. The fourth-order valence-corrected chi connectivity index (χ4v) is 2.16. The van der Waals surface area contributed by atoms with Gasteiger partial charge in [-0.1, -0.05) is 6.92 Å². The highest BCUT2D eigenvalue weighted by Gasteiger charge is 2.31. The van der Waals surface area contributed by atoms with Gasteiger partial charge >= 0.3 is 0 Å². The highest BCUT2D eigenvalue weighted by atomic mass is 16.3. The van der Waals surface area contributed by atoms with Crippen LogP contribution in [-0.2, 0) is 11.3 Å². The fraction of sp³-hybridized carbons (Fsp3) is 0.615. The van der Waals surface area contributed by atoms with E-state index >= 15 is 0 Å². The molecule has 1 fully saturated rings. The van der Waals surface area contributed by atoms with Crippen LogP contribution in [0.25, 0.3) is 0 Å². The van der Waals surface area contributed by atoms with Crippen LogP contribution in [0, 0.1) is 6.92 Å². The molecule has 1 atom stereocenters. The third kappa shape index (κ3) is 2.88. The van der Waals surface area contributed by atoms with Gasteiger partial charge in [-0.05, 0) is 38.4 Å². The standard InChI is InChI=1S/C13H20N2O2/c1-3-7-14-12-6-8-15(13(12)16)9-11-5-4-10(2)17-11/h4-5,12,14H,3,6-9H2,1-2H3. The molecule has 4 nitrogen and oxygen atoms in total. The molecule has 94 valence electrons. The Balaban J connectivity index is 1.89. The van der Waals surface area contributed by atoms with Crippen molar-refractivity contribution >= 4 is 5.91 Å². The number of carbonyl (C=O) groups excluding carboxylic acids is 1. The third-order valence-corrected chi connectivity index (χ3v) is 3.08. The highest BCUT2D eigenvalue weighted by molar-refractivity contribution is 5.83. The molecule has 0 spiro atoms. The minimum atomic E-state index is 0.00556. The van der Waals surface area contributed by atoms with Crippen LogP contribution in [0.2, 0.25) is 0 Å². The van der Waals surface area contributed by atoms with E-state index in [0.717, 1.165) is 37.5 Å². The summed E-state index contributed by atoms with van der Waals surface area (Å²) in [6.45, 7) is 6.35. The average molecular weight is 236 g/mol. The summed E-state index contributed by atoms with van der Waals surface area (Å²) in [5.74, 6) is 1.96. The van der Waals surface area contributed by atoms with Crippen LogP contribution >= 0.6 is 0 Å². The number of furan rings is 1. The largest absolute Gasteiger partial charge is 0.464 e. The van der Waals surface area contributed by atoms with Crippen LogP contribution in [-0.4, -0.2) is 29.9 Å². The Hall–Kier alpha value is -1.29. The lowest BCUT2D eigenvalue weighted by Crippen LogP contribution is -2.38. The van der Waals surface area contributed by atoms with Gasteiger partial charge in [0.25, 0.3) is 0 Å². The summed E-state index contributed by atoms with van der Waals surface area (Å²) in [5, 5.41) is 3.28. The zero-order valence-electron chi connectivity index (χ0n) is 10.5. The smallest absolute Gasteiger partial charge is 0.240 e. The van der Waals surface area contributed by atoms with Gasteiger partial charge in [0.05, 0.1) is 12.6 Å². The Morgan fingerprint density at radius 2 is 2.35 bits per heavy atom. The number of amides is 1. The van der Waals surface area contributed by atoms with E-state index in [0.29, 0.717) is 6.54 Å². The monoisotopic (exact) mass is 236 g/mol. The maximum absolute atomic E-state index is 12.0. The summed E-state index contributed by atoms with van der Waals surface area (Å²) in [4.78, 5) is 13.9. The number of carbonyl (C=O) groups is 1. The molecule has 0 aliphatic carbocycles. The van der Waals surface area contributed by atoms with Gasteiger partial charge < -0.3 is 14.6 Å². The van der Waals surface area contributed by atoms with Gasteiger partial charge in [0, 0.05) is 6.54 Å². The van der Waals surface area contributed by atoms with Crippen molar-refractivity contribution in [3.63, 3.8) is 0 Å². The first-order valence-electron chi connectivity index (χ1n) is 6.28. The maximum Gasteiger partial charge on any atom is 0.240 e. The Morgan fingerprint density at radius 1 is 1.53 bits per heavy atom. The van der Waals surface area contributed by atoms with E-state index in [1.807, 2.05) is 24.0 Å². The molecule has 0 saturated carbocycles. The second-order valence-corrected chi connectivity index (χ2v) is 4.57. The highest BCUT2D eigenvalue weighted by Crippen LogP contribution is 2.16. The predicted octanol–water partition coefficient (Wildman–Crippen LogP) is 1.69. The molecule has 1 aliphatic heterocycles. The van der Waals surface area contributed by atoms with Crippen molar-refractivity contribution in [2.75, 3.05) is 13.1 Å². The molecular formula is C13H20N2O2. The first kappa shape index (κ1) is 12.2. The van der Waals surface area contributed by atoms with Gasteiger partial charge in [0.2, 0.25) is 5.91 Å². The summed E-state index contributed by atoms with van der Waals surface area (Å²) >= 11 is 0. The molecule has 1 aliphatic rings. The van der Waals surface area contributed by atoms with Crippen LogP contribution in [0.15, 0.2) is 16.5 Å². The number of hydrogen-bond acceptors (Lipinski definition) is 3. The molecule has 1 aromatic rings. The first-order valence-corrected chi connectivity index (χ1v) is 6.28. The van der Waals surface area contributed by atoms with Gasteiger partial charge in [-0.3, -0.25) is 4.79 Å². The van der Waals surface area contributed by atoms with Crippen LogP contribution in [0.3, 0.4) is 0 Å². The molecule has 1 unspecified atom stereocenters. The van der Waals surface area contributed by atoms with E-state index < -0.39 is 0 Å². The molecule has 0 aromatic carbocycles. The van der Waals surface area contributed by atoms with Crippen LogP contribution < -0.4 is 5.32 Å². The summed E-state index contributed by atoms with van der Waals surface area (Å²) in [5.41, 5.74) is 0. The van der Waals surface area contributed by atoms with Crippen LogP contribution in [0.1, 0.15) is 31.3 Å². The van der Waals surface area contributed by atoms with E-state index in [1.165, 1.54) is 0 Å². The summed E-state index contributed by atoms with van der Waals surface area (Å²) in [6.07, 6.45) is 1.96. The van der Waals surface area contributed by atoms with Crippen molar-refractivity contribution in [2.24, 2.45) is 0 Å². The van der Waals surface area contributed by atoms with E-state index in [9.17, 15) is 4.79 Å². The Bertz CT molecular complexity index is 387. The lowest BCUT2D eigenvalue weighted by molar-refractivity contribution is -0.130. The topological polar surface area (TPSA) is 45.5 Å². The van der Waals surface area contributed by atoms with Crippen molar-refractivity contribution in [2.45, 2.75) is 39.3 Å². The van der Waals surface area contributed by atoms with E-state index in [1.54, 1.807) is 0 Å². The maximum atomic E-state index is 12.0. The normalized spacial score (nSPS) is 20.2. The Kier molecular flexibility index (Phi) is 3.84. The Labute approximate surface area is 102 Å². The number of nitrogens with one attached hydrogen (secondary N) is 1. The molecule has 4 heteroatoms. The Morgan fingerprint density at radius 3 is 3.00 bits per heavy atom. The summed E-state index contributed by atoms with van der Waals surface area (Å²) in [6, 6.07) is 3.88. The van der Waals surface area contributed by atoms with Crippen molar-refractivity contribution in [3.8, 4) is 0 Å². The summed E-state index contributed by atoms with van der Waals surface area (Å²) in [7, 11) is 0. The molecule has 1 aromatic heterocycles. The minimum absolute atomic E-state index is 0.00556. The lowest BCUT2D eigenvalue weighted by Gasteiger charge is -2.15. The van der Waals surface area contributed by atoms with Crippen molar-refractivity contribution in [1.29, 1.82) is 0 Å². The molecule has 1 N–H and O–H groups in total. The SMILES string of the molecule is CCCNC1CCN(Cc2ccc(C)o2)C1=O. The zero-order valence-corrected chi connectivity index (χ0v) is 10.5. The molecule has 0 radical (unpaired) electrons. The number of rotatable bonds is 5. The first-order chi connectivity index (χ1) is 8.20. The van der Waals surface area contributed by atoms with E-state index in [-0.39, 0.29) is 11.9 Å². The molecule has 1 saturated heterocycles. The lowest BCUT2D eigenvalue weighted by atomic mass is 10.2. The minimum Gasteiger partial charge on any atom is -0.464 e. The zero-order chi connectivity index (χ0) is 12.3. The van der Waals surface area contributed by atoms with Gasteiger partial charge in [0.15, 0.2) is 0 Å². The number of hydrogen-bond donors (Lipinski definition) is 1. The third-order valence-electron chi connectivity index (χ3n) is 3.08. The molecule has 0 bridgehead atoms. The van der Waals surface area contributed by atoms with Crippen molar-refractivity contribution in [1.82, 2.24) is 10.2 Å². The van der Waals surface area contributed by atoms with Gasteiger partial charge in [0.1, 0.15) is 11.5 Å². The van der Waals surface area contributed by atoms with Gasteiger partial charge in [-0.25, -0.2) is 0 Å². The molecule has 2 heterocycles. The van der Waals surface area contributed by atoms with E-state index in [2.05, 4.69) is 12.2 Å².